The molecule has 0 atom stereocenters. The summed E-state index contributed by atoms with van der Waals surface area (Å²) in [4.78, 5) is 0. The molecule has 11 rings (SSSR count). The van der Waals surface area contributed by atoms with Crippen molar-refractivity contribution in [2.75, 3.05) is 0 Å². The van der Waals surface area contributed by atoms with Crippen LogP contribution in [-0.4, -0.2) is 0 Å². The van der Waals surface area contributed by atoms with E-state index >= 15 is 0 Å². The van der Waals surface area contributed by atoms with E-state index in [0.29, 0.717) is 0 Å². The molecular weight excluding hydrogens is 601 g/mol. The molecule has 0 saturated heterocycles. The fourth-order valence-electron chi connectivity index (χ4n) is 8.19. The Morgan fingerprint density at radius 2 is 0.979 bits per heavy atom. The van der Waals surface area contributed by atoms with Crippen molar-refractivity contribution in [1.29, 1.82) is 0 Å². The van der Waals surface area contributed by atoms with E-state index in [2.05, 4.69) is 158 Å². The zero-order chi connectivity index (χ0) is 31.3. The van der Waals surface area contributed by atoms with E-state index in [1.54, 1.807) is 0 Å². The van der Waals surface area contributed by atoms with Gasteiger partial charge in [0.05, 0.1) is 0 Å². The van der Waals surface area contributed by atoms with Crippen LogP contribution in [0.4, 0.5) is 0 Å². The van der Waals surface area contributed by atoms with E-state index in [4.69, 9.17) is 4.42 Å². The molecule has 0 N–H and O–H groups in total. The van der Waals surface area contributed by atoms with Gasteiger partial charge in [-0.15, -0.1) is 11.3 Å². The molecule has 2 heterocycles. The SMILES string of the molecule is c1ccc2c(-c3c4ccccc4c(-c4ccc5oc6ccc7c(sc8ccc9ccccc9c87)c6c5c4)c4ccccc34)cccc2c1. The van der Waals surface area contributed by atoms with Crippen LogP contribution in [0.5, 0.6) is 0 Å². The summed E-state index contributed by atoms with van der Waals surface area (Å²) in [7, 11) is 0. The van der Waals surface area contributed by atoms with Gasteiger partial charge >= 0.3 is 0 Å². The predicted octanol–water partition coefficient (Wildman–Crippen LogP) is 13.9. The van der Waals surface area contributed by atoms with Crippen LogP contribution in [0.25, 0.3) is 107 Å². The summed E-state index contributed by atoms with van der Waals surface area (Å²) in [5.41, 5.74) is 6.87. The second-order valence-corrected chi connectivity index (χ2v) is 13.8. The van der Waals surface area contributed by atoms with Crippen molar-refractivity contribution in [2.24, 2.45) is 0 Å². The van der Waals surface area contributed by atoms with Crippen LogP contribution in [0.3, 0.4) is 0 Å². The summed E-state index contributed by atoms with van der Waals surface area (Å²) in [5.74, 6) is 0. The highest BCUT2D eigenvalue weighted by atomic mass is 32.1. The fraction of sp³-hybridized carbons (Fsp3) is 0. The molecule has 0 spiro atoms. The molecule has 1 nitrogen and oxygen atoms in total. The lowest BCUT2D eigenvalue weighted by atomic mass is 9.84. The number of hydrogen-bond donors (Lipinski definition) is 0. The Morgan fingerprint density at radius 3 is 1.73 bits per heavy atom. The molecular formula is C46H26OS. The van der Waals surface area contributed by atoms with Gasteiger partial charge in [-0.25, -0.2) is 0 Å². The van der Waals surface area contributed by atoms with Crippen molar-refractivity contribution >= 4 is 96.5 Å². The second-order valence-electron chi connectivity index (χ2n) is 12.8. The average molecular weight is 627 g/mol. The van der Waals surface area contributed by atoms with Gasteiger partial charge in [-0.2, -0.15) is 0 Å². The molecule has 9 aromatic carbocycles. The van der Waals surface area contributed by atoms with Gasteiger partial charge in [-0.3, -0.25) is 0 Å². The average Bonchev–Trinajstić information content (AvgIpc) is 3.72. The van der Waals surface area contributed by atoms with Crippen LogP contribution in [-0.2, 0) is 0 Å². The van der Waals surface area contributed by atoms with E-state index < -0.39 is 0 Å². The van der Waals surface area contributed by atoms with E-state index in [1.807, 2.05) is 11.3 Å². The Bertz CT molecular complexity index is 3060. The minimum Gasteiger partial charge on any atom is -0.456 e. The fourth-order valence-corrected chi connectivity index (χ4v) is 9.46. The molecule has 0 unspecified atom stereocenters. The van der Waals surface area contributed by atoms with E-state index in [9.17, 15) is 0 Å². The highest BCUT2D eigenvalue weighted by Gasteiger charge is 2.20. The number of thiophene rings is 1. The van der Waals surface area contributed by atoms with Crippen molar-refractivity contribution in [3.8, 4) is 22.3 Å². The number of rotatable bonds is 2. The van der Waals surface area contributed by atoms with E-state index in [1.165, 1.54) is 90.9 Å². The summed E-state index contributed by atoms with van der Waals surface area (Å²) < 4.78 is 9.13. The summed E-state index contributed by atoms with van der Waals surface area (Å²) in [6.45, 7) is 0. The van der Waals surface area contributed by atoms with Crippen molar-refractivity contribution < 1.29 is 4.42 Å². The lowest BCUT2D eigenvalue weighted by Gasteiger charge is -2.18. The molecule has 2 aromatic heterocycles. The topological polar surface area (TPSA) is 13.1 Å². The first-order chi connectivity index (χ1) is 23.8. The third-order valence-corrected chi connectivity index (χ3v) is 11.4. The van der Waals surface area contributed by atoms with Gasteiger partial charge in [0.25, 0.3) is 0 Å². The lowest BCUT2D eigenvalue weighted by molar-refractivity contribution is 0.669. The van der Waals surface area contributed by atoms with Crippen molar-refractivity contribution in [3.63, 3.8) is 0 Å². The molecule has 0 saturated carbocycles. The highest BCUT2D eigenvalue weighted by Crippen LogP contribution is 2.48. The normalized spacial score (nSPS) is 12.2. The molecule has 0 aliphatic heterocycles. The third-order valence-electron chi connectivity index (χ3n) is 10.2. The Balaban J connectivity index is 1.24. The Kier molecular flexibility index (Phi) is 5.32. The standard InChI is InChI=1S/C46H26OS/c1-3-13-30-27(10-1)12-9-19-32(30)43-35-17-7-5-15-33(35)42(34-16-6-8-18-36(34)43)29-20-23-39-38(26-29)45-40(47-39)24-22-37-44-31-14-4-2-11-28(31)21-25-41(44)48-46(37)45/h1-26H. The van der Waals surface area contributed by atoms with Crippen LogP contribution in [0.15, 0.2) is 162 Å². The number of fused-ring (bicyclic) bond motifs is 12. The molecule has 0 bridgehead atoms. The first kappa shape index (κ1) is 26.1. The minimum absolute atomic E-state index is 0.921. The molecule has 48 heavy (non-hydrogen) atoms. The van der Waals surface area contributed by atoms with Crippen LogP contribution >= 0.6 is 11.3 Å². The first-order valence-corrected chi connectivity index (χ1v) is 17.2. The molecule has 0 aliphatic carbocycles. The summed E-state index contributed by atoms with van der Waals surface area (Å²) in [5, 5.41) is 15.1. The zero-order valence-electron chi connectivity index (χ0n) is 25.8. The van der Waals surface area contributed by atoms with Crippen LogP contribution < -0.4 is 0 Å². The van der Waals surface area contributed by atoms with E-state index in [-0.39, 0.29) is 0 Å². The molecule has 0 fully saturated rings. The molecule has 2 heteroatoms. The Labute approximate surface area is 279 Å². The van der Waals surface area contributed by atoms with Gasteiger partial charge in [0, 0.05) is 30.9 Å². The first-order valence-electron chi connectivity index (χ1n) is 16.4. The molecule has 0 amide bonds. The maximum atomic E-state index is 6.53. The van der Waals surface area contributed by atoms with Gasteiger partial charge in [0.15, 0.2) is 0 Å². The number of benzene rings is 9. The maximum absolute atomic E-state index is 6.53. The van der Waals surface area contributed by atoms with Gasteiger partial charge in [0.1, 0.15) is 11.2 Å². The van der Waals surface area contributed by atoms with Gasteiger partial charge < -0.3 is 4.42 Å². The largest absolute Gasteiger partial charge is 0.456 e. The van der Waals surface area contributed by atoms with Crippen LogP contribution in [0.2, 0.25) is 0 Å². The zero-order valence-corrected chi connectivity index (χ0v) is 26.6. The van der Waals surface area contributed by atoms with Crippen molar-refractivity contribution in [1.82, 2.24) is 0 Å². The number of hydrogen-bond acceptors (Lipinski definition) is 2. The smallest absolute Gasteiger partial charge is 0.136 e. The minimum atomic E-state index is 0.921. The van der Waals surface area contributed by atoms with Gasteiger partial charge in [-0.05, 0) is 95.7 Å². The number of furan rings is 1. The molecule has 0 aliphatic rings. The highest BCUT2D eigenvalue weighted by molar-refractivity contribution is 7.27. The van der Waals surface area contributed by atoms with Gasteiger partial charge in [0.2, 0.25) is 0 Å². The van der Waals surface area contributed by atoms with Crippen LogP contribution in [0.1, 0.15) is 0 Å². The van der Waals surface area contributed by atoms with E-state index in [0.717, 1.165) is 16.6 Å². The summed E-state index contributed by atoms with van der Waals surface area (Å²) in [6.07, 6.45) is 0. The Hall–Kier alpha value is -5.96. The van der Waals surface area contributed by atoms with Crippen LogP contribution in [0, 0.1) is 0 Å². The molecule has 0 radical (unpaired) electrons. The second kappa shape index (κ2) is 9.78. The maximum Gasteiger partial charge on any atom is 0.136 e. The quantitative estimate of drug-likeness (QED) is 0.174. The molecule has 11 aromatic rings. The predicted molar refractivity (Wildman–Crippen MR) is 208 cm³/mol. The summed E-state index contributed by atoms with van der Waals surface area (Å²) in [6, 6.07) is 57.7. The Morgan fingerprint density at radius 1 is 0.375 bits per heavy atom. The third kappa shape index (κ3) is 3.55. The summed E-state index contributed by atoms with van der Waals surface area (Å²) >= 11 is 1.87. The van der Waals surface area contributed by atoms with Crippen molar-refractivity contribution in [3.05, 3.63) is 158 Å². The lowest BCUT2D eigenvalue weighted by Crippen LogP contribution is -1.91. The monoisotopic (exact) mass is 626 g/mol. The molecule has 222 valence electrons. The van der Waals surface area contributed by atoms with Gasteiger partial charge in [-0.1, -0.05) is 127 Å². The van der Waals surface area contributed by atoms with Crippen molar-refractivity contribution in [2.45, 2.75) is 0 Å².